The highest BCUT2D eigenvalue weighted by molar-refractivity contribution is 7.94. The van der Waals surface area contributed by atoms with Crippen LogP contribution in [0.5, 0.6) is 0 Å². The van der Waals surface area contributed by atoms with Gasteiger partial charge in [-0.2, -0.15) is 0 Å². The van der Waals surface area contributed by atoms with E-state index in [9.17, 15) is 19.5 Å². The van der Waals surface area contributed by atoms with Gasteiger partial charge in [-0.25, -0.2) is 15.1 Å². The predicted octanol–water partition coefficient (Wildman–Crippen LogP) is 4.81. The highest BCUT2D eigenvalue weighted by Gasteiger charge is 2.44. The molecule has 1 unspecified atom stereocenters. The van der Waals surface area contributed by atoms with Crippen LogP contribution in [0.1, 0.15) is 44.1 Å². The Hall–Kier alpha value is -3.22. The Labute approximate surface area is 274 Å². The molecular formula is C30H39N2O12S2+. The molecule has 0 radical (unpaired) electrons. The Morgan fingerprint density at radius 3 is 1.98 bits per heavy atom. The third-order valence-electron chi connectivity index (χ3n) is 7.44. The fourth-order valence-electron chi connectivity index (χ4n) is 5.26. The number of carbonyl (C=O) groups is 3. The molecule has 0 fully saturated rings. The SMILES string of the molecule is O=C(O)CCCN(CCCSOOO)c1ccc(C2=C(O)C(C3C=CC(=[N+](CCCSOOO)CCCC(=O)O)C=C3)C2=O)cc1. The fraction of sp³-hybridized carbons (Fsp3) is 0.467. The molecule has 0 saturated heterocycles. The summed E-state index contributed by atoms with van der Waals surface area (Å²) in [7, 11) is 0. The van der Waals surface area contributed by atoms with Gasteiger partial charge >= 0.3 is 11.9 Å². The molecule has 0 amide bonds. The number of anilines is 1. The molecule has 2 aliphatic rings. The molecule has 2 aliphatic carbocycles. The number of rotatable bonds is 23. The number of hydrogen-bond donors (Lipinski definition) is 5. The Morgan fingerprint density at radius 2 is 1.39 bits per heavy atom. The number of benzene rings is 1. The summed E-state index contributed by atoms with van der Waals surface area (Å²) in [4.78, 5) is 37.3. The zero-order chi connectivity index (χ0) is 33.3. The van der Waals surface area contributed by atoms with Crippen LogP contribution in [-0.4, -0.2) is 91.5 Å². The van der Waals surface area contributed by atoms with Gasteiger partial charge in [0.15, 0.2) is 11.5 Å². The summed E-state index contributed by atoms with van der Waals surface area (Å²) in [5.41, 5.74) is 2.55. The molecule has 0 aliphatic heterocycles. The minimum absolute atomic E-state index is 0.0170. The summed E-state index contributed by atoms with van der Waals surface area (Å²) in [5, 5.41) is 52.7. The number of Topliss-reactive ketones (excluding diaryl/α,β-unsaturated/α-hetero) is 1. The lowest BCUT2D eigenvalue weighted by Crippen LogP contribution is -2.36. The van der Waals surface area contributed by atoms with E-state index in [4.69, 9.17) is 20.7 Å². The van der Waals surface area contributed by atoms with E-state index in [1.165, 1.54) is 0 Å². The molecule has 0 spiro atoms. The quantitative estimate of drug-likeness (QED) is 0.0346. The molecule has 252 valence electrons. The first kappa shape index (κ1) is 37.2. The lowest BCUT2D eigenvalue weighted by Gasteiger charge is -2.32. The number of ketones is 1. The zero-order valence-corrected chi connectivity index (χ0v) is 26.7. The first-order valence-corrected chi connectivity index (χ1v) is 16.5. The van der Waals surface area contributed by atoms with Crippen molar-refractivity contribution >= 4 is 58.8 Å². The summed E-state index contributed by atoms with van der Waals surface area (Å²) >= 11 is 1.90. The van der Waals surface area contributed by atoms with Gasteiger partial charge in [-0.05, 0) is 30.5 Å². The van der Waals surface area contributed by atoms with Gasteiger partial charge in [-0.3, -0.25) is 14.4 Å². The number of aliphatic hydroxyl groups is 1. The van der Waals surface area contributed by atoms with E-state index in [2.05, 4.69) is 18.7 Å². The van der Waals surface area contributed by atoms with Crippen LogP contribution in [0, 0.1) is 11.8 Å². The van der Waals surface area contributed by atoms with Crippen LogP contribution in [0.15, 0.2) is 54.3 Å². The average molecular weight is 684 g/mol. The molecule has 3 rings (SSSR count). The van der Waals surface area contributed by atoms with Gasteiger partial charge in [0.25, 0.3) is 0 Å². The Kier molecular flexibility index (Phi) is 16.3. The number of nitrogens with zero attached hydrogens (tertiary/aromatic N) is 2. The van der Waals surface area contributed by atoms with E-state index in [0.717, 1.165) is 35.5 Å². The fourth-order valence-corrected chi connectivity index (χ4v) is 5.98. The number of carboxylic acid groups (broad SMARTS) is 2. The minimum Gasteiger partial charge on any atom is -0.511 e. The number of carbonyl (C=O) groups excluding carboxylic acids is 1. The number of carboxylic acids is 2. The average Bonchev–Trinajstić information content (AvgIpc) is 3.03. The van der Waals surface area contributed by atoms with Crippen molar-refractivity contribution in [3.05, 3.63) is 59.9 Å². The summed E-state index contributed by atoms with van der Waals surface area (Å²) < 4.78 is 10.8. The normalized spacial score (nSPS) is 17.3. The van der Waals surface area contributed by atoms with Crippen LogP contribution in [0.3, 0.4) is 0 Å². The van der Waals surface area contributed by atoms with Gasteiger partial charge in [0, 0.05) is 91.7 Å². The molecule has 1 atom stereocenters. The maximum Gasteiger partial charge on any atom is 0.303 e. The summed E-state index contributed by atoms with van der Waals surface area (Å²) in [6.45, 7) is 2.22. The van der Waals surface area contributed by atoms with Crippen molar-refractivity contribution in [1.82, 2.24) is 0 Å². The largest absolute Gasteiger partial charge is 0.511 e. The first-order chi connectivity index (χ1) is 22.3. The molecule has 0 saturated carbocycles. The molecule has 0 bridgehead atoms. The summed E-state index contributed by atoms with van der Waals surface area (Å²) in [5.74, 6) is -1.87. The Bertz CT molecular complexity index is 1280. The van der Waals surface area contributed by atoms with Crippen molar-refractivity contribution in [3.8, 4) is 0 Å². The van der Waals surface area contributed by atoms with Gasteiger partial charge < -0.3 is 20.2 Å². The topological polar surface area (TPSA) is 196 Å². The van der Waals surface area contributed by atoms with Crippen LogP contribution in [0.2, 0.25) is 0 Å². The van der Waals surface area contributed by atoms with Gasteiger partial charge in [-0.1, -0.05) is 34.4 Å². The van der Waals surface area contributed by atoms with Crippen LogP contribution in [0.25, 0.3) is 5.57 Å². The van der Waals surface area contributed by atoms with Crippen molar-refractivity contribution in [3.63, 3.8) is 0 Å². The Morgan fingerprint density at radius 1 is 0.826 bits per heavy atom. The number of aliphatic hydroxyl groups excluding tert-OH is 1. The number of hydrogen-bond acceptors (Lipinski definition) is 13. The number of allylic oxidation sites excluding steroid dienone is 6. The van der Waals surface area contributed by atoms with E-state index < -0.39 is 17.9 Å². The molecule has 0 heterocycles. The number of aliphatic carboxylic acids is 2. The van der Waals surface area contributed by atoms with Crippen LogP contribution < -0.4 is 4.90 Å². The van der Waals surface area contributed by atoms with Crippen molar-refractivity contribution in [2.45, 2.75) is 38.5 Å². The minimum atomic E-state index is -0.874. The molecular weight excluding hydrogens is 644 g/mol. The van der Waals surface area contributed by atoms with Crippen LogP contribution in [0.4, 0.5) is 5.69 Å². The molecule has 46 heavy (non-hydrogen) atoms. The molecule has 1 aromatic carbocycles. The van der Waals surface area contributed by atoms with E-state index in [1.807, 2.05) is 45.9 Å². The maximum atomic E-state index is 13.3. The molecule has 14 nitrogen and oxygen atoms in total. The van der Waals surface area contributed by atoms with Gasteiger partial charge in [0.1, 0.15) is 18.8 Å². The van der Waals surface area contributed by atoms with Crippen molar-refractivity contribution < 1.29 is 63.5 Å². The van der Waals surface area contributed by atoms with Crippen molar-refractivity contribution in [1.29, 1.82) is 0 Å². The summed E-state index contributed by atoms with van der Waals surface area (Å²) in [6, 6.07) is 7.19. The van der Waals surface area contributed by atoms with Crippen LogP contribution in [-0.2, 0) is 33.1 Å². The predicted molar refractivity (Wildman–Crippen MR) is 171 cm³/mol. The van der Waals surface area contributed by atoms with Gasteiger partial charge in [0.2, 0.25) is 0 Å². The third kappa shape index (κ3) is 11.5. The van der Waals surface area contributed by atoms with E-state index in [-0.39, 0.29) is 35.9 Å². The highest BCUT2D eigenvalue weighted by atomic mass is 32.2. The molecule has 1 aromatic rings. The van der Waals surface area contributed by atoms with Gasteiger partial charge in [0.05, 0.1) is 17.9 Å². The van der Waals surface area contributed by atoms with E-state index in [0.29, 0.717) is 68.9 Å². The van der Waals surface area contributed by atoms with Crippen molar-refractivity contribution in [2.75, 3.05) is 42.6 Å². The molecule has 0 aromatic heterocycles. The Balaban J connectivity index is 1.67. The van der Waals surface area contributed by atoms with E-state index in [1.54, 1.807) is 12.1 Å². The highest BCUT2D eigenvalue weighted by Crippen LogP contribution is 2.42. The third-order valence-corrected chi connectivity index (χ3v) is 8.66. The second kappa shape index (κ2) is 20.1. The second-order valence-corrected chi connectivity index (χ2v) is 12.0. The molecule has 5 N–H and O–H groups in total. The molecule has 16 heteroatoms. The first-order valence-electron chi connectivity index (χ1n) is 14.7. The van der Waals surface area contributed by atoms with Gasteiger partial charge in [-0.15, -0.1) is 8.67 Å². The van der Waals surface area contributed by atoms with Crippen molar-refractivity contribution in [2.24, 2.45) is 11.8 Å². The second-order valence-electron chi connectivity index (χ2n) is 10.5. The maximum absolute atomic E-state index is 13.3. The lowest BCUT2D eigenvalue weighted by atomic mass is 9.71. The lowest BCUT2D eigenvalue weighted by molar-refractivity contribution is -0.526. The van der Waals surface area contributed by atoms with E-state index >= 15 is 0 Å². The van der Waals surface area contributed by atoms with Crippen LogP contribution >= 0.6 is 24.1 Å². The monoisotopic (exact) mass is 683 g/mol. The summed E-state index contributed by atoms with van der Waals surface area (Å²) in [6.07, 6.45) is 9.79. The standard InChI is InChI=1S/C30H38N2O12S2/c33-25(34)5-1-15-31(17-3-19-45-43-41-39)23-11-7-21(8-12-23)27-29(37)28(30(27)38)22-9-13-24(14-10-22)32(16-2-6-26(35)36)18-4-20-46-44-42-40/h7-14,21,27H,1-6,15-20H2,(H4-,33,34,35,36,37,38,39,40)/p+1. The smallest absolute Gasteiger partial charge is 0.303 e. The zero-order valence-electron chi connectivity index (χ0n) is 25.1.